The molecule has 0 saturated carbocycles. The van der Waals surface area contributed by atoms with Gasteiger partial charge in [-0.15, -0.1) is 0 Å². The topological polar surface area (TPSA) is 41.1 Å². The van der Waals surface area contributed by atoms with Crippen molar-refractivity contribution in [1.82, 2.24) is 5.32 Å². The Kier molecular flexibility index (Phi) is 5.43. The number of hydrogen-bond donors (Lipinski definition) is 2. The Balaban J connectivity index is 2.43. The molecule has 16 heavy (non-hydrogen) atoms. The molecule has 0 heterocycles. The molecular weight excluding hydrogens is 247 g/mol. The van der Waals surface area contributed by atoms with Crippen molar-refractivity contribution >= 4 is 34.8 Å². The van der Waals surface area contributed by atoms with E-state index >= 15 is 0 Å². The van der Waals surface area contributed by atoms with E-state index in [9.17, 15) is 4.79 Å². The second-order valence-corrected chi connectivity index (χ2v) is 4.02. The number of amides is 1. The number of carbonyl (C=O) groups is 1. The van der Waals surface area contributed by atoms with E-state index < -0.39 is 0 Å². The third kappa shape index (κ3) is 3.91. The van der Waals surface area contributed by atoms with Crippen molar-refractivity contribution in [3.8, 4) is 0 Å². The quantitative estimate of drug-likeness (QED) is 0.855. The fourth-order valence-electron chi connectivity index (χ4n) is 1.24. The van der Waals surface area contributed by atoms with Crippen LogP contribution in [0.3, 0.4) is 0 Å². The molecule has 1 rings (SSSR count). The Labute approximate surface area is 105 Å². The number of rotatable bonds is 5. The fraction of sp³-hybridized carbons (Fsp3) is 0.364. The molecule has 0 saturated heterocycles. The fourth-order valence-corrected chi connectivity index (χ4v) is 1.60. The predicted octanol–water partition coefficient (Wildman–Crippen LogP) is 2.93. The number of nitrogens with one attached hydrogen (secondary N) is 2. The largest absolute Gasteiger partial charge is 0.383 e. The standard InChI is InChI=1S/C11H14Cl2N2O/c1-2-14-10(16)6-7-15-9-5-3-4-8(12)11(9)13/h3-5,15H,2,6-7H2,1H3,(H,14,16). The second kappa shape index (κ2) is 6.61. The summed E-state index contributed by atoms with van der Waals surface area (Å²) < 4.78 is 0. The van der Waals surface area contributed by atoms with Gasteiger partial charge in [0.25, 0.3) is 0 Å². The van der Waals surface area contributed by atoms with E-state index in [-0.39, 0.29) is 5.91 Å². The van der Waals surface area contributed by atoms with Crippen LogP contribution in [0.2, 0.25) is 10.0 Å². The van der Waals surface area contributed by atoms with E-state index in [1.54, 1.807) is 6.07 Å². The minimum atomic E-state index is 0.0214. The summed E-state index contributed by atoms with van der Waals surface area (Å²) in [5, 5.41) is 6.78. The highest BCUT2D eigenvalue weighted by atomic mass is 35.5. The van der Waals surface area contributed by atoms with E-state index in [0.29, 0.717) is 29.6 Å². The molecule has 0 fully saturated rings. The van der Waals surface area contributed by atoms with E-state index in [0.717, 1.165) is 5.69 Å². The molecule has 0 aliphatic rings. The average molecular weight is 261 g/mol. The molecule has 1 amide bonds. The SMILES string of the molecule is CCNC(=O)CCNc1cccc(Cl)c1Cl. The van der Waals surface area contributed by atoms with E-state index in [1.807, 2.05) is 19.1 Å². The minimum Gasteiger partial charge on any atom is -0.383 e. The number of anilines is 1. The van der Waals surface area contributed by atoms with Crippen molar-refractivity contribution in [3.63, 3.8) is 0 Å². The molecule has 0 radical (unpaired) electrons. The summed E-state index contributed by atoms with van der Waals surface area (Å²) in [7, 11) is 0. The van der Waals surface area contributed by atoms with Gasteiger partial charge in [0.05, 0.1) is 15.7 Å². The zero-order valence-corrected chi connectivity index (χ0v) is 10.5. The van der Waals surface area contributed by atoms with Crippen molar-refractivity contribution < 1.29 is 4.79 Å². The highest BCUT2D eigenvalue weighted by Crippen LogP contribution is 2.29. The van der Waals surface area contributed by atoms with Crippen LogP contribution in [0.1, 0.15) is 13.3 Å². The van der Waals surface area contributed by atoms with Crippen LogP contribution in [-0.4, -0.2) is 19.0 Å². The third-order valence-corrected chi connectivity index (χ3v) is 2.81. The Morgan fingerprint density at radius 1 is 1.38 bits per heavy atom. The Hall–Kier alpha value is -0.930. The summed E-state index contributed by atoms with van der Waals surface area (Å²) in [5.74, 6) is 0.0214. The van der Waals surface area contributed by atoms with Gasteiger partial charge < -0.3 is 10.6 Å². The van der Waals surface area contributed by atoms with E-state index in [1.165, 1.54) is 0 Å². The smallest absolute Gasteiger partial charge is 0.221 e. The second-order valence-electron chi connectivity index (χ2n) is 3.23. The van der Waals surface area contributed by atoms with Crippen molar-refractivity contribution in [1.29, 1.82) is 0 Å². The molecule has 0 aliphatic carbocycles. The average Bonchev–Trinajstić information content (AvgIpc) is 2.25. The van der Waals surface area contributed by atoms with Crippen LogP contribution >= 0.6 is 23.2 Å². The van der Waals surface area contributed by atoms with Crippen molar-refractivity contribution in [3.05, 3.63) is 28.2 Å². The lowest BCUT2D eigenvalue weighted by atomic mass is 10.3. The molecule has 88 valence electrons. The van der Waals surface area contributed by atoms with Crippen LogP contribution in [-0.2, 0) is 4.79 Å². The first-order valence-electron chi connectivity index (χ1n) is 5.09. The minimum absolute atomic E-state index is 0.0214. The Morgan fingerprint density at radius 2 is 2.12 bits per heavy atom. The maximum absolute atomic E-state index is 11.2. The van der Waals surface area contributed by atoms with Gasteiger partial charge in [-0.25, -0.2) is 0 Å². The lowest BCUT2D eigenvalue weighted by Gasteiger charge is -2.08. The Morgan fingerprint density at radius 3 is 2.81 bits per heavy atom. The molecule has 0 atom stereocenters. The van der Waals surface area contributed by atoms with Gasteiger partial charge in [-0.3, -0.25) is 4.79 Å². The molecule has 3 nitrogen and oxygen atoms in total. The van der Waals surface area contributed by atoms with Crippen LogP contribution in [0.5, 0.6) is 0 Å². The molecule has 0 aromatic heterocycles. The normalized spacial score (nSPS) is 9.94. The first kappa shape index (κ1) is 13.1. The van der Waals surface area contributed by atoms with Gasteiger partial charge in [0.2, 0.25) is 5.91 Å². The Bertz CT molecular complexity index is 369. The highest BCUT2D eigenvalue weighted by molar-refractivity contribution is 6.43. The monoisotopic (exact) mass is 260 g/mol. The summed E-state index contributed by atoms with van der Waals surface area (Å²) in [6, 6.07) is 5.35. The molecule has 0 aliphatic heterocycles. The zero-order chi connectivity index (χ0) is 12.0. The van der Waals surface area contributed by atoms with Crippen molar-refractivity contribution in [2.24, 2.45) is 0 Å². The maximum Gasteiger partial charge on any atom is 0.221 e. The first-order valence-corrected chi connectivity index (χ1v) is 5.85. The molecule has 0 spiro atoms. The van der Waals surface area contributed by atoms with Crippen molar-refractivity contribution in [2.75, 3.05) is 18.4 Å². The molecule has 1 aromatic carbocycles. The van der Waals surface area contributed by atoms with E-state index in [4.69, 9.17) is 23.2 Å². The van der Waals surface area contributed by atoms with E-state index in [2.05, 4.69) is 10.6 Å². The number of benzene rings is 1. The molecule has 1 aromatic rings. The summed E-state index contributed by atoms with van der Waals surface area (Å²) in [5.41, 5.74) is 0.749. The van der Waals surface area contributed by atoms with Crippen molar-refractivity contribution in [2.45, 2.75) is 13.3 Å². The van der Waals surface area contributed by atoms with Crippen LogP contribution in [0.25, 0.3) is 0 Å². The first-order chi connectivity index (χ1) is 7.65. The number of carbonyl (C=O) groups excluding carboxylic acids is 1. The van der Waals surface area contributed by atoms with Gasteiger partial charge in [0.15, 0.2) is 0 Å². The predicted molar refractivity (Wildman–Crippen MR) is 68.3 cm³/mol. The van der Waals surface area contributed by atoms with Gasteiger partial charge in [0.1, 0.15) is 0 Å². The summed E-state index contributed by atoms with van der Waals surface area (Å²) in [4.78, 5) is 11.2. The van der Waals surface area contributed by atoms with Crippen LogP contribution in [0.4, 0.5) is 5.69 Å². The maximum atomic E-state index is 11.2. The number of hydrogen-bond acceptors (Lipinski definition) is 2. The van der Waals surface area contributed by atoms with Gasteiger partial charge in [-0.05, 0) is 19.1 Å². The molecule has 0 unspecified atom stereocenters. The zero-order valence-electron chi connectivity index (χ0n) is 9.02. The third-order valence-electron chi connectivity index (χ3n) is 1.99. The van der Waals surface area contributed by atoms with Crippen LogP contribution < -0.4 is 10.6 Å². The lowest BCUT2D eigenvalue weighted by Crippen LogP contribution is -2.24. The van der Waals surface area contributed by atoms with Gasteiger partial charge in [0, 0.05) is 19.5 Å². The molecular formula is C11H14Cl2N2O. The summed E-state index contributed by atoms with van der Waals surface area (Å²) >= 11 is 11.8. The van der Waals surface area contributed by atoms with Crippen LogP contribution in [0.15, 0.2) is 18.2 Å². The molecule has 2 N–H and O–H groups in total. The van der Waals surface area contributed by atoms with Crippen LogP contribution in [0, 0.1) is 0 Å². The number of halogens is 2. The van der Waals surface area contributed by atoms with Gasteiger partial charge in [-0.2, -0.15) is 0 Å². The lowest BCUT2D eigenvalue weighted by molar-refractivity contribution is -0.120. The molecule has 0 bridgehead atoms. The van der Waals surface area contributed by atoms with Gasteiger partial charge >= 0.3 is 0 Å². The highest BCUT2D eigenvalue weighted by Gasteiger charge is 2.04. The van der Waals surface area contributed by atoms with Gasteiger partial charge in [-0.1, -0.05) is 29.3 Å². The summed E-state index contributed by atoms with van der Waals surface area (Å²) in [6.45, 7) is 3.07. The summed E-state index contributed by atoms with van der Waals surface area (Å²) in [6.07, 6.45) is 0.413. The molecule has 5 heteroatoms.